The van der Waals surface area contributed by atoms with Crippen LogP contribution in [0.3, 0.4) is 0 Å². The molecule has 2 aliphatic carbocycles. The van der Waals surface area contributed by atoms with Crippen molar-refractivity contribution in [1.29, 1.82) is 0 Å². The molecule has 0 N–H and O–H groups in total. The third-order valence-electron chi connectivity index (χ3n) is 4.22. The Bertz CT molecular complexity index is 374. The van der Waals surface area contributed by atoms with Crippen LogP contribution in [0, 0.1) is 11.8 Å². The smallest absolute Gasteiger partial charge is 0.00669 e. The Labute approximate surface area is 98.4 Å². The quantitative estimate of drug-likeness (QED) is 0.639. The molecule has 0 radical (unpaired) electrons. The first-order valence-corrected chi connectivity index (χ1v) is 6.65. The van der Waals surface area contributed by atoms with Crippen LogP contribution in [0.2, 0.25) is 0 Å². The molecule has 0 spiro atoms. The summed E-state index contributed by atoms with van der Waals surface area (Å²) in [7, 11) is 0. The van der Waals surface area contributed by atoms with Gasteiger partial charge in [-0.15, -0.1) is 0 Å². The fourth-order valence-electron chi connectivity index (χ4n) is 3.41. The van der Waals surface area contributed by atoms with Crippen LogP contribution >= 0.6 is 0 Å². The molecule has 0 saturated heterocycles. The molecule has 1 saturated carbocycles. The van der Waals surface area contributed by atoms with Gasteiger partial charge in [-0.1, -0.05) is 54.8 Å². The van der Waals surface area contributed by atoms with Crippen molar-refractivity contribution in [3.8, 4) is 0 Å². The van der Waals surface area contributed by atoms with E-state index in [1.54, 1.807) is 5.57 Å². The van der Waals surface area contributed by atoms with Crippen molar-refractivity contribution in [3.63, 3.8) is 0 Å². The maximum atomic E-state index is 2.59. The van der Waals surface area contributed by atoms with Gasteiger partial charge in [-0.05, 0) is 43.1 Å². The molecule has 0 aromatic heterocycles. The highest BCUT2D eigenvalue weighted by Gasteiger charge is 2.29. The molecule has 0 nitrogen and oxygen atoms in total. The monoisotopic (exact) mass is 212 g/mol. The summed E-state index contributed by atoms with van der Waals surface area (Å²) in [6, 6.07) is 10.9. The number of rotatable bonds is 2. The van der Waals surface area contributed by atoms with E-state index in [2.05, 4.69) is 36.4 Å². The predicted octanol–water partition coefficient (Wildman–Crippen LogP) is 4.37. The van der Waals surface area contributed by atoms with Crippen LogP contribution in [0.1, 0.15) is 37.7 Å². The van der Waals surface area contributed by atoms with Gasteiger partial charge in [-0.2, -0.15) is 0 Å². The topological polar surface area (TPSA) is 0 Å². The molecule has 16 heavy (non-hydrogen) atoms. The van der Waals surface area contributed by atoms with E-state index >= 15 is 0 Å². The lowest BCUT2D eigenvalue weighted by molar-refractivity contribution is 0.302. The Morgan fingerprint density at radius 1 is 1.00 bits per heavy atom. The first-order valence-electron chi connectivity index (χ1n) is 6.65. The van der Waals surface area contributed by atoms with Gasteiger partial charge in [0, 0.05) is 0 Å². The highest BCUT2D eigenvalue weighted by molar-refractivity contribution is 5.25. The fraction of sp³-hybridized carbons (Fsp3) is 0.500. The van der Waals surface area contributed by atoms with E-state index in [1.807, 2.05) is 0 Å². The predicted molar refractivity (Wildman–Crippen MR) is 68.3 cm³/mol. The summed E-state index contributed by atoms with van der Waals surface area (Å²) < 4.78 is 0. The average Bonchev–Trinajstić information content (AvgIpc) is 2.72. The summed E-state index contributed by atoms with van der Waals surface area (Å²) in [6.45, 7) is 0. The van der Waals surface area contributed by atoms with Crippen molar-refractivity contribution in [2.24, 2.45) is 11.8 Å². The SMILES string of the molecule is C1=C(Cc2ccccc2)CC2CCCCC12. The molecule has 2 unspecified atom stereocenters. The van der Waals surface area contributed by atoms with Crippen molar-refractivity contribution in [1.82, 2.24) is 0 Å². The van der Waals surface area contributed by atoms with Gasteiger partial charge in [-0.25, -0.2) is 0 Å². The minimum Gasteiger partial charge on any atom is -0.0816 e. The Hall–Kier alpha value is -1.04. The van der Waals surface area contributed by atoms with Crippen molar-refractivity contribution in [2.45, 2.75) is 38.5 Å². The second-order valence-corrected chi connectivity index (χ2v) is 5.40. The molecule has 1 aromatic rings. The zero-order valence-electron chi connectivity index (χ0n) is 9.86. The van der Waals surface area contributed by atoms with E-state index < -0.39 is 0 Å². The van der Waals surface area contributed by atoms with Crippen molar-refractivity contribution in [2.75, 3.05) is 0 Å². The van der Waals surface area contributed by atoms with Gasteiger partial charge >= 0.3 is 0 Å². The molecule has 2 atom stereocenters. The van der Waals surface area contributed by atoms with Gasteiger partial charge in [0.25, 0.3) is 0 Å². The Morgan fingerprint density at radius 2 is 1.81 bits per heavy atom. The summed E-state index contributed by atoms with van der Waals surface area (Å²) in [5.41, 5.74) is 3.18. The lowest BCUT2D eigenvalue weighted by Gasteiger charge is -2.24. The van der Waals surface area contributed by atoms with Gasteiger partial charge < -0.3 is 0 Å². The summed E-state index contributed by atoms with van der Waals surface area (Å²) in [4.78, 5) is 0. The van der Waals surface area contributed by atoms with Gasteiger partial charge in [0.2, 0.25) is 0 Å². The lowest BCUT2D eigenvalue weighted by Crippen LogP contribution is -2.12. The standard InChI is InChI=1S/C16H20/c1-2-6-13(7-3-1)10-14-11-15-8-4-5-9-16(15)12-14/h1-3,6-7,11,15-16H,4-5,8-10,12H2. The third-order valence-corrected chi connectivity index (χ3v) is 4.22. The van der Waals surface area contributed by atoms with E-state index in [0.717, 1.165) is 11.8 Å². The third kappa shape index (κ3) is 2.07. The Morgan fingerprint density at radius 3 is 2.62 bits per heavy atom. The van der Waals surface area contributed by atoms with Crippen LogP contribution in [0.5, 0.6) is 0 Å². The number of benzene rings is 1. The van der Waals surface area contributed by atoms with Crippen molar-refractivity contribution in [3.05, 3.63) is 47.5 Å². The molecule has 0 bridgehead atoms. The lowest BCUT2D eigenvalue weighted by atomic mass is 9.81. The largest absolute Gasteiger partial charge is 0.0816 e. The zero-order valence-corrected chi connectivity index (χ0v) is 9.86. The summed E-state index contributed by atoms with van der Waals surface area (Å²) in [5, 5.41) is 0. The molecule has 2 aliphatic rings. The van der Waals surface area contributed by atoms with Gasteiger partial charge in [0.05, 0.1) is 0 Å². The molecular formula is C16H20. The van der Waals surface area contributed by atoms with Gasteiger partial charge in [0.1, 0.15) is 0 Å². The van der Waals surface area contributed by atoms with Gasteiger partial charge in [-0.3, -0.25) is 0 Å². The molecule has 0 heteroatoms. The summed E-state index contributed by atoms with van der Waals surface area (Å²) >= 11 is 0. The average molecular weight is 212 g/mol. The minimum absolute atomic E-state index is 0.924. The van der Waals surface area contributed by atoms with Crippen LogP contribution in [0.25, 0.3) is 0 Å². The maximum Gasteiger partial charge on any atom is -0.00669 e. The van der Waals surface area contributed by atoms with Crippen LogP contribution in [0.15, 0.2) is 42.0 Å². The second kappa shape index (κ2) is 4.45. The Kier molecular flexibility index (Phi) is 2.82. The van der Waals surface area contributed by atoms with Crippen molar-refractivity contribution >= 4 is 0 Å². The molecule has 3 rings (SSSR count). The number of fused-ring (bicyclic) bond motifs is 1. The summed E-state index contributed by atoms with van der Waals surface area (Å²) in [5.74, 6) is 1.92. The van der Waals surface area contributed by atoms with Crippen LogP contribution in [-0.2, 0) is 6.42 Å². The van der Waals surface area contributed by atoms with E-state index in [9.17, 15) is 0 Å². The van der Waals surface area contributed by atoms with Gasteiger partial charge in [0.15, 0.2) is 0 Å². The van der Waals surface area contributed by atoms with E-state index in [-0.39, 0.29) is 0 Å². The number of hydrogen-bond acceptors (Lipinski definition) is 0. The maximum absolute atomic E-state index is 2.59. The highest BCUT2D eigenvalue weighted by atomic mass is 14.3. The van der Waals surface area contributed by atoms with E-state index in [1.165, 1.54) is 44.1 Å². The van der Waals surface area contributed by atoms with Crippen LogP contribution in [-0.4, -0.2) is 0 Å². The molecule has 1 aromatic carbocycles. The fourth-order valence-corrected chi connectivity index (χ4v) is 3.41. The van der Waals surface area contributed by atoms with E-state index in [4.69, 9.17) is 0 Å². The number of allylic oxidation sites excluding steroid dienone is 2. The first-order chi connectivity index (χ1) is 7.92. The molecule has 84 valence electrons. The molecule has 0 heterocycles. The molecule has 0 aliphatic heterocycles. The zero-order chi connectivity index (χ0) is 10.8. The minimum atomic E-state index is 0.924. The van der Waals surface area contributed by atoms with E-state index in [0.29, 0.717) is 0 Å². The molecule has 1 fully saturated rings. The summed E-state index contributed by atoms with van der Waals surface area (Å²) in [6.07, 6.45) is 11.0. The number of hydrogen-bond donors (Lipinski definition) is 0. The first kappa shape index (κ1) is 10.1. The second-order valence-electron chi connectivity index (χ2n) is 5.40. The van der Waals surface area contributed by atoms with Crippen LogP contribution < -0.4 is 0 Å². The van der Waals surface area contributed by atoms with Crippen LogP contribution in [0.4, 0.5) is 0 Å². The highest BCUT2D eigenvalue weighted by Crippen LogP contribution is 2.41. The molecule has 0 amide bonds. The normalized spacial score (nSPS) is 28.6. The van der Waals surface area contributed by atoms with Crippen molar-refractivity contribution < 1.29 is 0 Å². The Balaban J connectivity index is 1.68. The molecular weight excluding hydrogens is 192 g/mol.